The van der Waals surface area contributed by atoms with Crippen molar-refractivity contribution in [3.8, 4) is 17.6 Å². The number of methoxy groups -OCH3 is 2. The minimum absolute atomic E-state index is 0.354. The molecular formula is C18H14FN3O5. The fourth-order valence-electron chi connectivity index (χ4n) is 2.17. The lowest BCUT2D eigenvalue weighted by Crippen LogP contribution is -2.14. The molecule has 2 rings (SSSR count). The van der Waals surface area contributed by atoms with Crippen molar-refractivity contribution < 1.29 is 23.6 Å². The summed E-state index contributed by atoms with van der Waals surface area (Å²) in [5.74, 6) is -0.936. The molecule has 1 amide bonds. The lowest BCUT2D eigenvalue weighted by atomic mass is 10.1. The molecule has 0 aromatic heterocycles. The van der Waals surface area contributed by atoms with Crippen molar-refractivity contribution in [2.75, 3.05) is 19.5 Å². The fourth-order valence-corrected chi connectivity index (χ4v) is 2.17. The Morgan fingerprint density at radius 1 is 1.26 bits per heavy atom. The number of nitrogens with zero attached hydrogens (tertiary/aromatic N) is 2. The van der Waals surface area contributed by atoms with E-state index in [4.69, 9.17) is 9.47 Å². The summed E-state index contributed by atoms with van der Waals surface area (Å²) in [6.07, 6.45) is 1.24. The second-order valence-electron chi connectivity index (χ2n) is 5.15. The number of carbonyl (C=O) groups excluding carboxylic acids is 1. The lowest BCUT2D eigenvalue weighted by Gasteiger charge is -2.09. The molecule has 0 aliphatic carbocycles. The molecule has 0 aliphatic rings. The Balaban J connectivity index is 2.37. The van der Waals surface area contributed by atoms with Crippen molar-refractivity contribution >= 4 is 23.4 Å². The van der Waals surface area contributed by atoms with Gasteiger partial charge in [-0.2, -0.15) is 5.26 Å². The van der Waals surface area contributed by atoms with Crippen LogP contribution >= 0.6 is 0 Å². The molecule has 0 spiro atoms. The van der Waals surface area contributed by atoms with Gasteiger partial charge in [-0.1, -0.05) is 0 Å². The van der Waals surface area contributed by atoms with Gasteiger partial charge in [-0.15, -0.1) is 0 Å². The molecule has 27 heavy (non-hydrogen) atoms. The normalized spacial score (nSPS) is 10.7. The maximum atomic E-state index is 13.8. The molecule has 1 N–H and O–H groups in total. The van der Waals surface area contributed by atoms with Gasteiger partial charge in [-0.05, 0) is 30.3 Å². The number of nitriles is 1. The SMILES string of the molecule is COc1ccc(OC)c(/C=C(/C#N)C(=O)Nc2cc([N+](=O)[O-])ccc2F)c1. The largest absolute Gasteiger partial charge is 0.497 e. The highest BCUT2D eigenvalue weighted by atomic mass is 19.1. The zero-order valence-corrected chi connectivity index (χ0v) is 14.4. The summed E-state index contributed by atoms with van der Waals surface area (Å²) in [6, 6.07) is 9.19. The van der Waals surface area contributed by atoms with Crippen molar-refractivity contribution in [3.63, 3.8) is 0 Å². The molecule has 138 valence electrons. The first kappa shape index (κ1) is 19.4. The third kappa shape index (κ3) is 4.58. The van der Waals surface area contributed by atoms with Crippen molar-refractivity contribution in [3.05, 3.63) is 63.5 Å². The van der Waals surface area contributed by atoms with Gasteiger partial charge in [0.1, 0.15) is 29.0 Å². The minimum Gasteiger partial charge on any atom is -0.497 e. The zero-order valence-electron chi connectivity index (χ0n) is 14.4. The highest BCUT2D eigenvalue weighted by Crippen LogP contribution is 2.27. The van der Waals surface area contributed by atoms with E-state index in [1.165, 1.54) is 20.3 Å². The highest BCUT2D eigenvalue weighted by Gasteiger charge is 2.16. The summed E-state index contributed by atoms with van der Waals surface area (Å²) in [4.78, 5) is 22.4. The van der Waals surface area contributed by atoms with Gasteiger partial charge in [0.05, 0.1) is 24.8 Å². The van der Waals surface area contributed by atoms with E-state index in [-0.39, 0.29) is 5.57 Å². The molecule has 0 saturated carbocycles. The molecule has 0 aliphatic heterocycles. The smallest absolute Gasteiger partial charge is 0.271 e. The number of nitro groups is 1. The monoisotopic (exact) mass is 371 g/mol. The van der Waals surface area contributed by atoms with Crippen LogP contribution in [0, 0.1) is 27.3 Å². The minimum atomic E-state index is -0.929. The third-order valence-corrected chi connectivity index (χ3v) is 3.51. The summed E-state index contributed by atoms with van der Waals surface area (Å²) in [7, 11) is 2.88. The van der Waals surface area contributed by atoms with Crippen LogP contribution < -0.4 is 14.8 Å². The second-order valence-corrected chi connectivity index (χ2v) is 5.15. The molecule has 0 fully saturated rings. The Morgan fingerprint density at radius 3 is 2.59 bits per heavy atom. The number of hydrogen-bond donors (Lipinski definition) is 1. The van der Waals surface area contributed by atoms with Gasteiger partial charge in [0, 0.05) is 17.7 Å². The summed E-state index contributed by atoms with van der Waals surface area (Å²) in [5, 5.41) is 22.2. The van der Waals surface area contributed by atoms with Crippen molar-refractivity contribution in [1.29, 1.82) is 5.26 Å². The maximum Gasteiger partial charge on any atom is 0.271 e. The topological polar surface area (TPSA) is 114 Å². The Labute approximate surface area is 153 Å². The number of benzene rings is 2. The van der Waals surface area contributed by atoms with Crippen LogP contribution in [0.5, 0.6) is 11.5 Å². The summed E-state index contributed by atoms with van der Waals surface area (Å²) >= 11 is 0. The Kier molecular flexibility index (Phi) is 6.06. The Morgan fingerprint density at radius 2 is 2.00 bits per heavy atom. The van der Waals surface area contributed by atoms with Gasteiger partial charge >= 0.3 is 0 Å². The lowest BCUT2D eigenvalue weighted by molar-refractivity contribution is -0.384. The van der Waals surface area contributed by atoms with Crippen LogP contribution in [-0.4, -0.2) is 25.1 Å². The number of non-ortho nitro benzene ring substituents is 1. The number of nitrogens with one attached hydrogen (secondary N) is 1. The predicted octanol–water partition coefficient (Wildman–Crippen LogP) is 3.30. The number of hydrogen-bond acceptors (Lipinski definition) is 6. The second kappa shape index (κ2) is 8.44. The van der Waals surface area contributed by atoms with E-state index in [0.29, 0.717) is 17.1 Å². The number of nitro benzene ring substituents is 1. The van der Waals surface area contributed by atoms with Crippen LogP contribution in [0.15, 0.2) is 42.0 Å². The zero-order chi connectivity index (χ0) is 20.0. The predicted molar refractivity (Wildman–Crippen MR) is 94.8 cm³/mol. The molecule has 9 heteroatoms. The van der Waals surface area contributed by atoms with Gasteiger partial charge in [0.2, 0.25) is 0 Å². The molecule has 2 aromatic rings. The Bertz CT molecular complexity index is 966. The summed E-state index contributed by atoms with van der Waals surface area (Å²) in [6.45, 7) is 0. The van der Waals surface area contributed by atoms with Gasteiger partial charge in [-0.3, -0.25) is 14.9 Å². The van der Waals surface area contributed by atoms with Crippen molar-refractivity contribution in [2.24, 2.45) is 0 Å². The molecule has 8 nitrogen and oxygen atoms in total. The van der Waals surface area contributed by atoms with E-state index in [1.807, 2.05) is 0 Å². The van der Waals surface area contributed by atoms with Gasteiger partial charge in [-0.25, -0.2) is 4.39 Å². The van der Waals surface area contributed by atoms with E-state index >= 15 is 0 Å². The number of halogens is 1. The van der Waals surface area contributed by atoms with E-state index in [1.54, 1.807) is 24.3 Å². The van der Waals surface area contributed by atoms with Gasteiger partial charge in [0.15, 0.2) is 0 Å². The van der Waals surface area contributed by atoms with Crippen molar-refractivity contribution in [2.45, 2.75) is 0 Å². The van der Waals surface area contributed by atoms with Crippen LogP contribution in [0.2, 0.25) is 0 Å². The Hall–Kier alpha value is -3.93. The average molecular weight is 371 g/mol. The third-order valence-electron chi connectivity index (χ3n) is 3.51. The number of ether oxygens (including phenoxy) is 2. The molecule has 2 aromatic carbocycles. The van der Waals surface area contributed by atoms with E-state index in [0.717, 1.165) is 18.2 Å². The number of amides is 1. The van der Waals surface area contributed by atoms with Crippen molar-refractivity contribution in [1.82, 2.24) is 0 Å². The van der Waals surface area contributed by atoms with Gasteiger partial charge < -0.3 is 14.8 Å². The molecular weight excluding hydrogens is 357 g/mol. The fraction of sp³-hybridized carbons (Fsp3) is 0.111. The van der Waals surface area contributed by atoms with Crippen LogP contribution in [0.3, 0.4) is 0 Å². The van der Waals surface area contributed by atoms with Gasteiger partial charge in [0.25, 0.3) is 11.6 Å². The standard InChI is InChI=1S/C18H14FN3O5/c1-26-14-4-6-17(27-2)11(8-14)7-12(10-20)18(23)21-16-9-13(22(24)25)3-5-15(16)19/h3-9H,1-2H3,(H,21,23)/b12-7-. The average Bonchev–Trinajstić information content (AvgIpc) is 2.67. The molecule has 0 unspecified atom stereocenters. The molecule has 0 radical (unpaired) electrons. The number of rotatable bonds is 6. The van der Waals surface area contributed by atoms with Crippen LogP contribution in [-0.2, 0) is 4.79 Å². The summed E-state index contributed by atoms with van der Waals surface area (Å²) in [5.41, 5.74) is -0.771. The van der Waals surface area contributed by atoms with E-state index in [2.05, 4.69) is 5.32 Å². The summed E-state index contributed by atoms with van der Waals surface area (Å²) < 4.78 is 24.1. The first-order chi connectivity index (χ1) is 12.9. The highest BCUT2D eigenvalue weighted by molar-refractivity contribution is 6.10. The van der Waals surface area contributed by atoms with Crippen LogP contribution in [0.4, 0.5) is 15.8 Å². The number of carbonyl (C=O) groups is 1. The van der Waals surface area contributed by atoms with Crippen LogP contribution in [0.25, 0.3) is 6.08 Å². The van der Waals surface area contributed by atoms with E-state index < -0.39 is 28.0 Å². The molecule has 0 atom stereocenters. The first-order valence-electron chi connectivity index (χ1n) is 7.48. The van der Waals surface area contributed by atoms with Crippen LogP contribution in [0.1, 0.15) is 5.56 Å². The molecule has 0 heterocycles. The molecule has 0 saturated heterocycles. The first-order valence-corrected chi connectivity index (χ1v) is 7.48. The van der Waals surface area contributed by atoms with E-state index in [9.17, 15) is 24.6 Å². The molecule has 0 bridgehead atoms. The maximum absolute atomic E-state index is 13.8. The number of anilines is 1. The quantitative estimate of drug-likeness (QED) is 0.361.